The average molecular weight is 121 g/mol. The van der Waals surface area contributed by atoms with E-state index in [0.29, 0.717) is 0 Å². The lowest BCUT2D eigenvalue weighted by atomic mass is 10.3. The van der Waals surface area contributed by atoms with E-state index in [1.165, 1.54) is 11.1 Å². The van der Waals surface area contributed by atoms with E-state index in [2.05, 4.69) is 12.7 Å². The molecule has 2 N–H and O–H groups in total. The fourth-order valence-electron chi connectivity index (χ4n) is 0.662. The monoisotopic (exact) mass is 121 g/mol. The summed E-state index contributed by atoms with van der Waals surface area (Å²) in [5.41, 5.74) is 8.96. The Morgan fingerprint density at radius 2 is 2.33 bits per heavy atom. The fourth-order valence-corrected chi connectivity index (χ4v) is 0.662. The molecule has 0 spiro atoms. The van der Waals surface area contributed by atoms with E-state index >= 15 is 0 Å². The number of allylic oxidation sites excluding steroid dienone is 4. The summed E-state index contributed by atoms with van der Waals surface area (Å²) in [7, 11) is 0. The predicted molar refractivity (Wildman–Crippen MR) is 39.8 cm³/mol. The molecule has 48 valence electrons. The van der Waals surface area contributed by atoms with Crippen molar-refractivity contribution in [2.75, 3.05) is 0 Å². The zero-order chi connectivity index (χ0) is 6.85. The molecule has 0 saturated heterocycles. The Kier molecular flexibility index (Phi) is 1.43. The maximum absolute atomic E-state index is 5.26. The highest BCUT2D eigenvalue weighted by Crippen LogP contribution is 2.35. The minimum atomic E-state index is 1.07. The van der Waals surface area contributed by atoms with Crippen LogP contribution >= 0.6 is 0 Å². The molecule has 1 rings (SSSR count). The molecule has 0 amide bonds. The Morgan fingerprint density at radius 3 is 2.67 bits per heavy atom. The van der Waals surface area contributed by atoms with Gasteiger partial charge < -0.3 is 5.73 Å². The van der Waals surface area contributed by atoms with Gasteiger partial charge in [-0.15, -0.1) is 0 Å². The summed E-state index contributed by atoms with van der Waals surface area (Å²) in [5.74, 6) is 0. The van der Waals surface area contributed by atoms with Gasteiger partial charge in [-0.05, 0) is 36.3 Å². The minimum absolute atomic E-state index is 1.07. The van der Waals surface area contributed by atoms with Gasteiger partial charge in [0.15, 0.2) is 0 Å². The first-order valence-electron chi connectivity index (χ1n) is 3.01. The lowest BCUT2D eigenvalue weighted by molar-refractivity contribution is 1.42. The number of rotatable bonds is 1. The Hall–Kier alpha value is -0.980. The van der Waals surface area contributed by atoms with E-state index in [4.69, 9.17) is 5.73 Å². The van der Waals surface area contributed by atoms with Crippen LogP contribution in [0.1, 0.15) is 13.3 Å². The Labute approximate surface area is 55.6 Å². The quantitative estimate of drug-likeness (QED) is 0.561. The van der Waals surface area contributed by atoms with Crippen LogP contribution in [0.2, 0.25) is 0 Å². The van der Waals surface area contributed by atoms with Crippen LogP contribution in [-0.2, 0) is 0 Å². The van der Waals surface area contributed by atoms with Gasteiger partial charge in [-0.3, -0.25) is 0 Å². The lowest BCUT2D eigenvalue weighted by Crippen LogP contribution is -1.79. The van der Waals surface area contributed by atoms with Crippen molar-refractivity contribution >= 4 is 0 Å². The van der Waals surface area contributed by atoms with Gasteiger partial charge in [-0.2, -0.15) is 0 Å². The molecule has 0 aliphatic heterocycles. The lowest BCUT2D eigenvalue weighted by Gasteiger charge is -1.82. The molecule has 9 heavy (non-hydrogen) atoms. The van der Waals surface area contributed by atoms with Gasteiger partial charge in [0.2, 0.25) is 0 Å². The molecule has 0 radical (unpaired) electrons. The van der Waals surface area contributed by atoms with E-state index in [0.717, 1.165) is 12.0 Å². The van der Waals surface area contributed by atoms with Crippen molar-refractivity contribution < 1.29 is 0 Å². The smallest absolute Gasteiger partial charge is 0.00261 e. The van der Waals surface area contributed by atoms with E-state index in [9.17, 15) is 0 Å². The number of hydrogen-bond donors (Lipinski definition) is 1. The molecule has 1 heteroatoms. The third kappa shape index (κ3) is 1.46. The van der Waals surface area contributed by atoms with Crippen LogP contribution in [0.5, 0.6) is 0 Å². The van der Waals surface area contributed by atoms with Gasteiger partial charge in [-0.1, -0.05) is 12.7 Å². The zero-order valence-electron chi connectivity index (χ0n) is 5.65. The molecule has 0 bridgehead atoms. The molecule has 1 saturated carbocycles. The van der Waals surface area contributed by atoms with Gasteiger partial charge in [0.05, 0.1) is 0 Å². The molecule has 0 aromatic carbocycles. The fraction of sp³-hybridized carbons (Fsp3) is 0.250. The molecule has 0 heterocycles. The summed E-state index contributed by atoms with van der Waals surface area (Å²) in [4.78, 5) is 0. The van der Waals surface area contributed by atoms with Crippen molar-refractivity contribution in [3.63, 3.8) is 0 Å². The van der Waals surface area contributed by atoms with Crippen molar-refractivity contribution in [2.45, 2.75) is 13.3 Å². The molecule has 0 aromatic heterocycles. The molecular weight excluding hydrogens is 110 g/mol. The first-order valence-corrected chi connectivity index (χ1v) is 3.01. The predicted octanol–water partition coefficient (Wildman–Crippen LogP) is 1.74. The van der Waals surface area contributed by atoms with Crippen LogP contribution in [-0.4, -0.2) is 0 Å². The largest absolute Gasteiger partial charge is 0.404 e. The van der Waals surface area contributed by atoms with Crippen molar-refractivity contribution in [2.24, 2.45) is 5.73 Å². The van der Waals surface area contributed by atoms with Crippen LogP contribution in [0.3, 0.4) is 0 Å². The van der Waals surface area contributed by atoms with Crippen LogP contribution in [0.4, 0.5) is 0 Å². The van der Waals surface area contributed by atoms with Gasteiger partial charge >= 0.3 is 0 Å². The Morgan fingerprint density at radius 1 is 1.78 bits per heavy atom. The molecule has 1 aliphatic carbocycles. The minimum Gasteiger partial charge on any atom is -0.404 e. The molecule has 0 aromatic rings. The standard InChI is InChI=1S/C8H11N/c1-6(5-9)3-8-4-7(8)2/h3,5H,2,4,9H2,1H3/b6-5-,8-3+. The van der Waals surface area contributed by atoms with Gasteiger partial charge in [0, 0.05) is 0 Å². The second-order valence-electron chi connectivity index (χ2n) is 2.36. The SMILES string of the molecule is C=C1C/C1=C\C(C)=C/N. The number of nitrogens with two attached hydrogens (primary N) is 1. The molecule has 0 unspecified atom stereocenters. The molecule has 1 fully saturated rings. The maximum Gasteiger partial charge on any atom is -0.00261 e. The molecular formula is C8H11N. The summed E-state index contributed by atoms with van der Waals surface area (Å²) in [6, 6.07) is 0. The third-order valence-corrected chi connectivity index (χ3v) is 1.40. The highest BCUT2D eigenvalue weighted by molar-refractivity contribution is 5.51. The molecule has 1 nitrogen and oxygen atoms in total. The van der Waals surface area contributed by atoms with Crippen molar-refractivity contribution in [3.05, 3.63) is 35.6 Å². The topological polar surface area (TPSA) is 26.0 Å². The van der Waals surface area contributed by atoms with E-state index in [-0.39, 0.29) is 0 Å². The van der Waals surface area contributed by atoms with E-state index in [1.54, 1.807) is 6.20 Å². The third-order valence-electron chi connectivity index (χ3n) is 1.40. The molecule has 0 atom stereocenters. The first-order chi connectivity index (χ1) is 4.24. The van der Waals surface area contributed by atoms with Crippen molar-refractivity contribution in [1.82, 2.24) is 0 Å². The maximum atomic E-state index is 5.26. The average Bonchev–Trinajstić information content (AvgIpc) is 2.47. The zero-order valence-corrected chi connectivity index (χ0v) is 5.65. The summed E-state index contributed by atoms with van der Waals surface area (Å²) in [5, 5.41) is 0. The van der Waals surface area contributed by atoms with E-state index in [1.807, 2.05) is 6.92 Å². The summed E-state index contributed by atoms with van der Waals surface area (Å²) in [6.45, 7) is 5.78. The van der Waals surface area contributed by atoms with Gasteiger partial charge in [0.1, 0.15) is 0 Å². The van der Waals surface area contributed by atoms with Gasteiger partial charge in [-0.25, -0.2) is 0 Å². The summed E-state index contributed by atoms with van der Waals surface area (Å²) >= 11 is 0. The highest BCUT2D eigenvalue weighted by Gasteiger charge is 2.16. The Bertz CT molecular complexity index is 197. The van der Waals surface area contributed by atoms with Crippen LogP contribution in [0.15, 0.2) is 35.6 Å². The second-order valence-corrected chi connectivity index (χ2v) is 2.36. The van der Waals surface area contributed by atoms with Crippen LogP contribution in [0, 0.1) is 0 Å². The number of hydrogen-bond acceptors (Lipinski definition) is 1. The van der Waals surface area contributed by atoms with E-state index < -0.39 is 0 Å². The van der Waals surface area contributed by atoms with Crippen molar-refractivity contribution in [1.29, 1.82) is 0 Å². The summed E-state index contributed by atoms with van der Waals surface area (Å²) in [6.07, 6.45) is 4.76. The first kappa shape index (κ1) is 6.14. The van der Waals surface area contributed by atoms with Crippen LogP contribution in [0.25, 0.3) is 0 Å². The van der Waals surface area contributed by atoms with Crippen molar-refractivity contribution in [3.8, 4) is 0 Å². The van der Waals surface area contributed by atoms with Crippen LogP contribution < -0.4 is 5.73 Å². The normalized spacial score (nSPS) is 23.0. The van der Waals surface area contributed by atoms with Gasteiger partial charge in [0.25, 0.3) is 0 Å². The molecule has 1 aliphatic rings. The Balaban J connectivity index is 2.61. The highest BCUT2D eigenvalue weighted by atomic mass is 14.5. The summed E-state index contributed by atoms with van der Waals surface area (Å²) < 4.78 is 0. The second kappa shape index (κ2) is 2.09.